The normalized spacial score (nSPS) is 18.8. The van der Waals surface area contributed by atoms with E-state index in [2.05, 4.69) is 17.0 Å². The Kier molecular flexibility index (Phi) is 5.79. The highest BCUT2D eigenvalue weighted by Crippen LogP contribution is 2.26. The fourth-order valence-corrected chi connectivity index (χ4v) is 5.14. The van der Waals surface area contributed by atoms with Crippen molar-refractivity contribution in [2.45, 2.75) is 42.9 Å². The maximum atomic E-state index is 12.5. The molecule has 0 radical (unpaired) electrons. The van der Waals surface area contributed by atoms with E-state index in [0.29, 0.717) is 30.3 Å². The first kappa shape index (κ1) is 16.9. The number of likely N-dealkylation sites (N-methyl/N-ethyl adjacent to an activating group) is 1. The molecular formula is C14H24N2O3S2. The molecule has 0 bridgehead atoms. The van der Waals surface area contributed by atoms with Gasteiger partial charge >= 0.3 is 0 Å². The van der Waals surface area contributed by atoms with Crippen LogP contribution in [0.2, 0.25) is 0 Å². The van der Waals surface area contributed by atoms with Crippen molar-refractivity contribution in [1.29, 1.82) is 0 Å². The van der Waals surface area contributed by atoms with E-state index in [0.717, 1.165) is 24.4 Å². The summed E-state index contributed by atoms with van der Waals surface area (Å²) in [5, 5.41) is 3.24. The molecule has 2 rings (SSSR count). The van der Waals surface area contributed by atoms with Gasteiger partial charge < -0.3 is 10.1 Å². The predicted molar refractivity (Wildman–Crippen MR) is 85.3 cm³/mol. The maximum absolute atomic E-state index is 12.5. The predicted octanol–water partition coefficient (Wildman–Crippen LogP) is 1.75. The zero-order valence-electron chi connectivity index (χ0n) is 12.6. The third-order valence-electron chi connectivity index (χ3n) is 3.68. The third-order valence-corrected chi connectivity index (χ3v) is 6.95. The molecule has 21 heavy (non-hydrogen) atoms. The van der Waals surface area contributed by atoms with Gasteiger partial charge in [0.1, 0.15) is 4.21 Å². The number of nitrogens with one attached hydrogen (secondary N) is 2. The molecule has 0 unspecified atom stereocenters. The lowest BCUT2D eigenvalue weighted by molar-refractivity contribution is 0.0538. The van der Waals surface area contributed by atoms with Crippen molar-refractivity contribution in [3.8, 4) is 0 Å². The van der Waals surface area contributed by atoms with Crippen LogP contribution in [-0.2, 0) is 21.2 Å². The highest BCUT2D eigenvalue weighted by atomic mass is 32.2. The van der Waals surface area contributed by atoms with E-state index < -0.39 is 15.6 Å². The number of ether oxygens (including phenoxy) is 1. The van der Waals surface area contributed by atoms with Crippen molar-refractivity contribution in [1.82, 2.24) is 10.0 Å². The van der Waals surface area contributed by atoms with Gasteiger partial charge in [-0.15, -0.1) is 11.3 Å². The Morgan fingerprint density at radius 1 is 1.33 bits per heavy atom. The van der Waals surface area contributed by atoms with Crippen LogP contribution >= 0.6 is 11.3 Å². The summed E-state index contributed by atoms with van der Waals surface area (Å²) in [6.45, 7) is 7.03. The smallest absolute Gasteiger partial charge is 0.250 e. The van der Waals surface area contributed by atoms with E-state index in [-0.39, 0.29) is 0 Å². The van der Waals surface area contributed by atoms with Gasteiger partial charge in [-0.3, -0.25) is 0 Å². The van der Waals surface area contributed by atoms with Gasteiger partial charge in [0.25, 0.3) is 10.0 Å². The Hall–Kier alpha value is -0.470. The summed E-state index contributed by atoms with van der Waals surface area (Å²) < 4.78 is 33.5. The van der Waals surface area contributed by atoms with E-state index in [1.165, 1.54) is 11.3 Å². The first-order chi connectivity index (χ1) is 9.95. The molecule has 0 aromatic carbocycles. The molecule has 0 aliphatic carbocycles. The largest absolute Gasteiger partial charge is 0.381 e. The highest BCUT2D eigenvalue weighted by Gasteiger charge is 2.33. The van der Waals surface area contributed by atoms with Crippen molar-refractivity contribution >= 4 is 21.4 Å². The first-order valence-electron chi connectivity index (χ1n) is 7.36. The van der Waals surface area contributed by atoms with E-state index in [9.17, 15) is 8.42 Å². The molecule has 1 aromatic heterocycles. The second-order valence-corrected chi connectivity index (χ2v) is 8.68. The van der Waals surface area contributed by atoms with Gasteiger partial charge in [-0.1, -0.05) is 6.92 Å². The molecular weight excluding hydrogens is 308 g/mol. The summed E-state index contributed by atoms with van der Waals surface area (Å²) in [4.78, 5) is 1.09. The lowest BCUT2D eigenvalue weighted by Gasteiger charge is -2.33. The van der Waals surface area contributed by atoms with Crippen molar-refractivity contribution in [3.05, 3.63) is 17.0 Å². The van der Waals surface area contributed by atoms with Gasteiger partial charge in [-0.05, 0) is 51.4 Å². The Bertz CT molecular complexity index is 548. The van der Waals surface area contributed by atoms with Gasteiger partial charge in [0.05, 0.1) is 0 Å². The van der Waals surface area contributed by atoms with Crippen molar-refractivity contribution in [3.63, 3.8) is 0 Å². The summed E-state index contributed by atoms with van der Waals surface area (Å²) in [6, 6.07) is 3.61. The fraction of sp³-hybridized carbons (Fsp3) is 0.714. The molecule has 1 aliphatic rings. The van der Waals surface area contributed by atoms with Crippen LogP contribution in [0.4, 0.5) is 0 Å². The molecule has 1 fully saturated rings. The summed E-state index contributed by atoms with van der Waals surface area (Å²) in [7, 11) is -3.44. The zero-order valence-corrected chi connectivity index (χ0v) is 14.3. The Morgan fingerprint density at radius 2 is 2.05 bits per heavy atom. The van der Waals surface area contributed by atoms with E-state index in [4.69, 9.17) is 4.74 Å². The molecule has 0 saturated carbocycles. The van der Waals surface area contributed by atoms with Crippen LogP contribution in [0, 0.1) is 0 Å². The fourth-order valence-electron chi connectivity index (χ4n) is 2.32. The minimum atomic E-state index is -3.44. The summed E-state index contributed by atoms with van der Waals surface area (Å²) in [5.74, 6) is 0. The van der Waals surface area contributed by atoms with Gasteiger partial charge in [0.15, 0.2) is 0 Å². The molecule has 120 valence electrons. The van der Waals surface area contributed by atoms with Crippen LogP contribution in [0.5, 0.6) is 0 Å². The standard InChI is InChI=1S/C14H24N2O3S2/c1-3-15-9-6-12-4-5-13(20-12)21(17,18)16-14(2)7-10-19-11-8-14/h4-5,15-16H,3,6-11H2,1-2H3. The van der Waals surface area contributed by atoms with Crippen LogP contribution < -0.4 is 10.0 Å². The van der Waals surface area contributed by atoms with Crippen molar-refractivity contribution in [2.75, 3.05) is 26.3 Å². The van der Waals surface area contributed by atoms with Crippen LogP contribution in [0.1, 0.15) is 31.6 Å². The van der Waals surface area contributed by atoms with Gasteiger partial charge in [-0.25, -0.2) is 13.1 Å². The summed E-state index contributed by atoms with van der Waals surface area (Å²) in [5.41, 5.74) is -0.398. The van der Waals surface area contributed by atoms with Crippen molar-refractivity contribution < 1.29 is 13.2 Å². The third kappa shape index (κ3) is 4.75. The molecule has 1 aromatic rings. The highest BCUT2D eigenvalue weighted by molar-refractivity contribution is 7.91. The quantitative estimate of drug-likeness (QED) is 0.747. The SMILES string of the molecule is CCNCCc1ccc(S(=O)(=O)NC2(C)CCOCC2)s1. The number of rotatable bonds is 7. The minimum absolute atomic E-state index is 0.398. The van der Waals surface area contributed by atoms with Crippen LogP contribution in [-0.4, -0.2) is 40.3 Å². The lowest BCUT2D eigenvalue weighted by atomic mass is 9.94. The number of hydrogen-bond donors (Lipinski definition) is 2. The van der Waals surface area contributed by atoms with Crippen LogP contribution in [0.3, 0.4) is 0 Å². The van der Waals surface area contributed by atoms with E-state index in [1.807, 2.05) is 13.0 Å². The number of hydrogen-bond acceptors (Lipinski definition) is 5. The van der Waals surface area contributed by atoms with Crippen molar-refractivity contribution in [2.24, 2.45) is 0 Å². The van der Waals surface area contributed by atoms with E-state index >= 15 is 0 Å². The van der Waals surface area contributed by atoms with Gasteiger partial charge in [-0.2, -0.15) is 0 Å². The molecule has 5 nitrogen and oxygen atoms in total. The van der Waals surface area contributed by atoms with Crippen LogP contribution in [0.25, 0.3) is 0 Å². The minimum Gasteiger partial charge on any atom is -0.381 e. The number of thiophene rings is 1. The zero-order chi connectivity index (χ0) is 15.3. The topological polar surface area (TPSA) is 67.4 Å². The molecule has 1 saturated heterocycles. The lowest BCUT2D eigenvalue weighted by Crippen LogP contribution is -2.49. The second-order valence-electron chi connectivity index (χ2n) is 5.60. The Labute approximate surface area is 131 Å². The molecule has 0 atom stereocenters. The first-order valence-corrected chi connectivity index (χ1v) is 9.66. The molecule has 0 amide bonds. The Balaban J connectivity index is 2.02. The Morgan fingerprint density at radius 3 is 2.71 bits per heavy atom. The monoisotopic (exact) mass is 332 g/mol. The maximum Gasteiger partial charge on any atom is 0.250 e. The average Bonchev–Trinajstić information content (AvgIpc) is 2.88. The number of sulfonamides is 1. The average molecular weight is 332 g/mol. The van der Waals surface area contributed by atoms with Gasteiger partial charge in [0.2, 0.25) is 0 Å². The van der Waals surface area contributed by atoms with Gasteiger partial charge in [0, 0.05) is 23.6 Å². The molecule has 2 heterocycles. The molecule has 7 heteroatoms. The summed E-state index contributed by atoms with van der Waals surface area (Å²) in [6.07, 6.45) is 2.29. The molecule has 2 N–H and O–H groups in total. The second kappa shape index (κ2) is 7.19. The van der Waals surface area contributed by atoms with Crippen LogP contribution in [0.15, 0.2) is 16.3 Å². The molecule has 0 spiro atoms. The van der Waals surface area contributed by atoms with E-state index in [1.54, 1.807) is 6.07 Å². The summed E-state index contributed by atoms with van der Waals surface area (Å²) >= 11 is 1.36. The molecule has 1 aliphatic heterocycles.